The summed E-state index contributed by atoms with van der Waals surface area (Å²) in [7, 11) is -9.90. The second-order valence-electron chi connectivity index (χ2n) is 28.8. The second kappa shape index (κ2) is 74.3. The quantitative estimate of drug-likeness (QED) is 0.0222. The molecule has 3 N–H and O–H groups in total. The smallest absolute Gasteiger partial charge is 0.462 e. The van der Waals surface area contributed by atoms with E-state index in [4.69, 9.17) is 37.0 Å². The average Bonchev–Trinajstić information content (AvgIpc) is 1.29. The molecule has 19 heteroatoms. The zero-order valence-corrected chi connectivity index (χ0v) is 66.3. The number of carbonyl (C=O) groups excluding carboxylic acids is 4. The SMILES string of the molecule is CCCCCCCCCCCCCCCCCCCCCCCCC(=O)O[C@H](COC(=O)CCCCCCCCCCCCCCCCCCCCCC)COP(=O)(O)OC[C@@H](O)COP(=O)(O)OC[C@@H](COC(=O)CCCCCCC)OC(=O)CCCCCCCCCCCCCC. The molecule has 99 heavy (non-hydrogen) atoms. The van der Waals surface area contributed by atoms with Crippen molar-refractivity contribution < 1.29 is 80.2 Å². The van der Waals surface area contributed by atoms with E-state index in [1.54, 1.807) is 0 Å². The molecule has 0 radical (unpaired) electrons. The molecule has 0 amide bonds. The lowest BCUT2D eigenvalue weighted by Gasteiger charge is -2.21. The zero-order chi connectivity index (χ0) is 72.5. The molecule has 588 valence electrons. The third-order valence-corrected chi connectivity index (χ3v) is 20.8. The van der Waals surface area contributed by atoms with Crippen molar-refractivity contribution in [2.75, 3.05) is 39.6 Å². The number of aliphatic hydroxyl groups excluding tert-OH is 1. The molecule has 0 bridgehead atoms. The number of rotatable bonds is 81. The molecule has 17 nitrogen and oxygen atoms in total. The van der Waals surface area contributed by atoms with E-state index < -0.39 is 97.5 Å². The first kappa shape index (κ1) is 97.1. The largest absolute Gasteiger partial charge is 0.472 e. The van der Waals surface area contributed by atoms with Crippen LogP contribution in [0, 0.1) is 0 Å². The van der Waals surface area contributed by atoms with Gasteiger partial charge in [0.05, 0.1) is 26.4 Å². The van der Waals surface area contributed by atoms with E-state index in [-0.39, 0.29) is 25.7 Å². The molecule has 5 atom stereocenters. The van der Waals surface area contributed by atoms with Gasteiger partial charge in [0.15, 0.2) is 12.2 Å². The van der Waals surface area contributed by atoms with Crippen molar-refractivity contribution >= 4 is 39.5 Å². The van der Waals surface area contributed by atoms with Gasteiger partial charge in [-0.1, -0.05) is 381 Å². The van der Waals surface area contributed by atoms with Gasteiger partial charge in [-0.05, 0) is 25.7 Å². The van der Waals surface area contributed by atoms with Crippen LogP contribution in [0.25, 0.3) is 0 Å². The van der Waals surface area contributed by atoms with Crippen molar-refractivity contribution in [2.24, 2.45) is 0 Å². The van der Waals surface area contributed by atoms with E-state index in [2.05, 4.69) is 27.7 Å². The highest BCUT2D eigenvalue weighted by molar-refractivity contribution is 7.47. The number of carbonyl (C=O) groups is 4. The summed E-state index contributed by atoms with van der Waals surface area (Å²) >= 11 is 0. The lowest BCUT2D eigenvalue weighted by Crippen LogP contribution is -2.30. The van der Waals surface area contributed by atoms with Crippen molar-refractivity contribution in [3.63, 3.8) is 0 Å². The molecule has 0 aromatic carbocycles. The normalized spacial score (nSPS) is 13.8. The van der Waals surface area contributed by atoms with Gasteiger partial charge in [0.25, 0.3) is 0 Å². The number of hydrogen-bond acceptors (Lipinski definition) is 15. The Morgan fingerprint density at radius 3 is 0.596 bits per heavy atom. The molecule has 0 aromatic rings. The molecule has 2 unspecified atom stereocenters. The Morgan fingerprint density at radius 2 is 0.404 bits per heavy atom. The molecule has 0 fully saturated rings. The lowest BCUT2D eigenvalue weighted by molar-refractivity contribution is -0.161. The average molecular weight is 1450 g/mol. The Morgan fingerprint density at radius 1 is 0.242 bits per heavy atom. The number of esters is 4. The van der Waals surface area contributed by atoms with E-state index in [1.165, 1.54) is 257 Å². The van der Waals surface area contributed by atoms with Crippen LogP contribution in [0.5, 0.6) is 0 Å². The molecule has 0 spiro atoms. The van der Waals surface area contributed by atoms with E-state index >= 15 is 0 Å². The molecule has 0 heterocycles. The Labute approximate surface area is 607 Å². The molecule has 0 aromatic heterocycles. The van der Waals surface area contributed by atoms with Crippen LogP contribution in [-0.4, -0.2) is 96.7 Å². The summed E-state index contributed by atoms with van der Waals surface area (Å²) < 4.78 is 68.4. The van der Waals surface area contributed by atoms with Gasteiger partial charge in [0.1, 0.15) is 19.3 Å². The van der Waals surface area contributed by atoms with Gasteiger partial charge in [0, 0.05) is 25.7 Å². The maximum atomic E-state index is 13.1. The predicted octanol–water partition coefficient (Wildman–Crippen LogP) is 24.2. The molecule has 0 saturated heterocycles. The van der Waals surface area contributed by atoms with Gasteiger partial charge in [-0.3, -0.25) is 37.3 Å². The van der Waals surface area contributed by atoms with Gasteiger partial charge < -0.3 is 33.8 Å². The van der Waals surface area contributed by atoms with Crippen molar-refractivity contribution in [3.8, 4) is 0 Å². The summed E-state index contributed by atoms with van der Waals surface area (Å²) in [5.74, 6) is -2.12. The summed E-state index contributed by atoms with van der Waals surface area (Å²) in [6.45, 7) is 4.92. The van der Waals surface area contributed by atoms with Crippen LogP contribution in [0.15, 0.2) is 0 Å². The monoisotopic (exact) mass is 1450 g/mol. The van der Waals surface area contributed by atoms with Crippen LogP contribution < -0.4 is 0 Å². The third-order valence-electron chi connectivity index (χ3n) is 18.9. The number of aliphatic hydroxyl groups is 1. The zero-order valence-electron chi connectivity index (χ0n) is 64.5. The maximum Gasteiger partial charge on any atom is 0.472 e. The fraction of sp³-hybridized carbons (Fsp3) is 0.950. The van der Waals surface area contributed by atoms with E-state index in [0.29, 0.717) is 25.7 Å². The van der Waals surface area contributed by atoms with E-state index in [0.717, 1.165) is 96.3 Å². The number of unbranched alkanes of at least 4 members (excludes halogenated alkanes) is 55. The Balaban J connectivity index is 5.09. The van der Waals surface area contributed by atoms with Crippen molar-refractivity contribution in [2.45, 2.75) is 451 Å². The minimum absolute atomic E-state index is 0.107. The molecule has 0 aliphatic rings. The van der Waals surface area contributed by atoms with E-state index in [9.17, 15) is 43.2 Å². The van der Waals surface area contributed by atoms with Gasteiger partial charge in [-0.2, -0.15) is 0 Å². The standard InChI is InChI=1S/C80H156O17P2/c1-5-9-13-17-20-23-26-29-31-33-35-37-38-40-42-44-46-49-52-55-59-63-67-80(85)97-76(71-91-78(83)65-61-57-53-50-48-45-43-41-39-36-34-32-30-27-24-21-18-14-10-6-2)73-95-99(88,89)93-69-74(81)68-92-98(86,87)94-72-75(70-90-77(82)64-60-56-16-12-8-4)96-79(84)66-62-58-54-51-47-28-25-22-19-15-11-7-3/h74-76,81H,5-73H2,1-4H3,(H,86,87)(H,88,89)/t74-,75+,76+/m0/s1. The molecular weight excluding hydrogens is 1290 g/mol. The second-order valence-corrected chi connectivity index (χ2v) is 31.7. The predicted molar refractivity (Wildman–Crippen MR) is 405 cm³/mol. The van der Waals surface area contributed by atoms with Gasteiger partial charge >= 0.3 is 39.5 Å². The summed E-state index contributed by atoms with van der Waals surface area (Å²) in [5, 5.41) is 10.6. The molecule has 0 aliphatic heterocycles. The molecule has 0 aliphatic carbocycles. The number of phosphoric acid groups is 2. The third kappa shape index (κ3) is 74.1. The minimum Gasteiger partial charge on any atom is -0.462 e. The van der Waals surface area contributed by atoms with Crippen LogP contribution >= 0.6 is 15.6 Å². The first-order chi connectivity index (χ1) is 48.2. The van der Waals surface area contributed by atoms with Gasteiger partial charge in [-0.25, -0.2) is 9.13 Å². The van der Waals surface area contributed by atoms with Crippen LogP contribution in [0.4, 0.5) is 0 Å². The Kier molecular flexibility index (Phi) is 72.9. The van der Waals surface area contributed by atoms with Crippen molar-refractivity contribution in [3.05, 3.63) is 0 Å². The van der Waals surface area contributed by atoms with Crippen LogP contribution in [-0.2, 0) is 65.4 Å². The number of ether oxygens (including phenoxy) is 4. The Hall–Kier alpha value is -1.94. The highest BCUT2D eigenvalue weighted by Crippen LogP contribution is 2.45. The number of hydrogen-bond donors (Lipinski definition) is 3. The van der Waals surface area contributed by atoms with Crippen molar-refractivity contribution in [1.82, 2.24) is 0 Å². The maximum absolute atomic E-state index is 13.1. The molecular formula is C80H156O17P2. The van der Waals surface area contributed by atoms with E-state index in [1.807, 2.05) is 0 Å². The fourth-order valence-corrected chi connectivity index (χ4v) is 14.0. The summed E-state index contributed by atoms with van der Waals surface area (Å²) in [6, 6.07) is 0. The topological polar surface area (TPSA) is 237 Å². The summed E-state index contributed by atoms with van der Waals surface area (Å²) in [5.41, 5.74) is 0. The highest BCUT2D eigenvalue weighted by Gasteiger charge is 2.30. The van der Waals surface area contributed by atoms with Crippen LogP contribution in [0.1, 0.15) is 432 Å². The van der Waals surface area contributed by atoms with Gasteiger partial charge in [-0.15, -0.1) is 0 Å². The fourth-order valence-electron chi connectivity index (χ4n) is 12.5. The van der Waals surface area contributed by atoms with Crippen molar-refractivity contribution in [1.29, 1.82) is 0 Å². The molecule has 0 rings (SSSR count). The lowest BCUT2D eigenvalue weighted by atomic mass is 10.0. The highest BCUT2D eigenvalue weighted by atomic mass is 31.2. The minimum atomic E-state index is -4.96. The number of phosphoric ester groups is 2. The summed E-state index contributed by atoms with van der Waals surface area (Å²) in [4.78, 5) is 72.6. The first-order valence-corrected chi connectivity index (χ1v) is 44.8. The Bertz CT molecular complexity index is 1880. The molecule has 0 saturated carbocycles. The van der Waals surface area contributed by atoms with Gasteiger partial charge in [0.2, 0.25) is 0 Å². The first-order valence-electron chi connectivity index (χ1n) is 41.8. The van der Waals surface area contributed by atoms with Crippen LogP contribution in [0.3, 0.4) is 0 Å². The van der Waals surface area contributed by atoms with Crippen LogP contribution in [0.2, 0.25) is 0 Å². The summed E-state index contributed by atoms with van der Waals surface area (Å²) in [6.07, 6.45) is 67.3.